The fourth-order valence-electron chi connectivity index (χ4n) is 2.14. The molecule has 0 aliphatic rings. The number of nitrogens with one attached hydrogen (secondary N) is 1. The summed E-state index contributed by atoms with van der Waals surface area (Å²) in [6.45, 7) is 5.61. The van der Waals surface area contributed by atoms with Crippen LogP contribution in [0.5, 0.6) is 0 Å². The average Bonchev–Trinajstić information content (AvgIpc) is 2.51. The minimum atomic E-state index is 0.0500. The van der Waals surface area contributed by atoms with E-state index in [1.807, 2.05) is 23.1 Å². The maximum Gasteiger partial charge on any atom is 0.101 e. The molecule has 5 nitrogen and oxygen atoms in total. The molecule has 0 saturated carbocycles. The molecule has 0 fully saturated rings. The summed E-state index contributed by atoms with van der Waals surface area (Å²) < 4.78 is 5.09. The predicted octanol–water partition coefficient (Wildman–Crippen LogP) is 1.50. The summed E-state index contributed by atoms with van der Waals surface area (Å²) in [6.07, 6.45) is 1.09. The van der Waals surface area contributed by atoms with Crippen LogP contribution in [0.3, 0.4) is 0 Å². The van der Waals surface area contributed by atoms with Crippen molar-refractivity contribution in [2.45, 2.75) is 19.9 Å². The number of benzene rings is 1. The standard InChI is InChI=1S/C16H25N3O2/c1-3-6-18-13-14-4-5-16(15(11-14)12-17)19(7-9-20)8-10-21-2/h4-5,11,18,20H,3,6-10,13H2,1-2H3. The van der Waals surface area contributed by atoms with E-state index in [9.17, 15) is 10.4 Å². The molecule has 0 saturated heterocycles. The second-order valence-corrected chi connectivity index (χ2v) is 4.84. The number of nitrogens with zero attached hydrogens (tertiary/aromatic N) is 2. The quantitative estimate of drug-likeness (QED) is 0.639. The molecule has 0 atom stereocenters. The molecule has 1 rings (SSSR count). The Bertz CT molecular complexity index is 457. The van der Waals surface area contributed by atoms with Crippen LogP contribution in [0, 0.1) is 11.3 Å². The van der Waals surface area contributed by atoms with Crippen molar-refractivity contribution in [2.75, 3.05) is 44.9 Å². The Hall–Kier alpha value is -1.61. The predicted molar refractivity (Wildman–Crippen MR) is 84.3 cm³/mol. The first-order valence-corrected chi connectivity index (χ1v) is 7.35. The van der Waals surface area contributed by atoms with Gasteiger partial charge < -0.3 is 20.1 Å². The van der Waals surface area contributed by atoms with E-state index in [0.29, 0.717) is 25.3 Å². The van der Waals surface area contributed by atoms with Gasteiger partial charge in [0.2, 0.25) is 0 Å². The first-order chi connectivity index (χ1) is 10.3. The van der Waals surface area contributed by atoms with Gasteiger partial charge in [0.15, 0.2) is 0 Å². The lowest BCUT2D eigenvalue weighted by Gasteiger charge is -2.25. The average molecular weight is 291 g/mol. The van der Waals surface area contributed by atoms with Crippen LogP contribution in [0.2, 0.25) is 0 Å². The second kappa shape index (κ2) is 10.2. The van der Waals surface area contributed by atoms with Gasteiger partial charge in [-0.3, -0.25) is 0 Å². The third-order valence-electron chi connectivity index (χ3n) is 3.21. The highest BCUT2D eigenvalue weighted by atomic mass is 16.5. The van der Waals surface area contributed by atoms with Gasteiger partial charge in [-0.2, -0.15) is 5.26 Å². The lowest BCUT2D eigenvalue weighted by Crippen LogP contribution is -2.30. The van der Waals surface area contributed by atoms with Crippen LogP contribution in [-0.2, 0) is 11.3 Å². The molecular formula is C16H25N3O2. The van der Waals surface area contributed by atoms with Crippen molar-refractivity contribution in [2.24, 2.45) is 0 Å². The number of rotatable bonds is 10. The number of hydrogen-bond donors (Lipinski definition) is 2. The van der Waals surface area contributed by atoms with Crippen molar-refractivity contribution in [3.8, 4) is 6.07 Å². The van der Waals surface area contributed by atoms with E-state index in [-0.39, 0.29) is 6.61 Å². The molecule has 1 aromatic carbocycles. The second-order valence-electron chi connectivity index (χ2n) is 4.84. The summed E-state index contributed by atoms with van der Waals surface area (Å²) in [6, 6.07) is 8.14. The van der Waals surface area contributed by atoms with E-state index in [4.69, 9.17) is 4.74 Å². The summed E-state index contributed by atoms with van der Waals surface area (Å²) in [5.41, 5.74) is 2.58. The summed E-state index contributed by atoms with van der Waals surface area (Å²) in [5.74, 6) is 0. The molecule has 0 aliphatic heterocycles. The minimum absolute atomic E-state index is 0.0500. The van der Waals surface area contributed by atoms with Crippen LogP contribution in [-0.4, -0.2) is 45.1 Å². The Kier molecular flexibility index (Phi) is 8.44. The maximum absolute atomic E-state index is 9.37. The number of hydrogen-bond acceptors (Lipinski definition) is 5. The molecule has 0 bridgehead atoms. The number of methoxy groups -OCH3 is 1. The summed E-state index contributed by atoms with van der Waals surface area (Å²) in [5, 5.41) is 21.9. The number of aliphatic hydroxyl groups is 1. The zero-order chi connectivity index (χ0) is 15.5. The SMILES string of the molecule is CCCNCc1ccc(N(CCO)CCOC)c(C#N)c1. The van der Waals surface area contributed by atoms with Gasteiger partial charge in [0, 0.05) is 26.7 Å². The van der Waals surface area contributed by atoms with Crippen LogP contribution < -0.4 is 10.2 Å². The summed E-state index contributed by atoms with van der Waals surface area (Å²) >= 11 is 0. The molecular weight excluding hydrogens is 266 g/mol. The molecule has 116 valence electrons. The third-order valence-corrected chi connectivity index (χ3v) is 3.21. The molecule has 1 aromatic rings. The van der Waals surface area contributed by atoms with Gasteiger partial charge in [-0.05, 0) is 30.7 Å². The lowest BCUT2D eigenvalue weighted by molar-refractivity contribution is 0.203. The van der Waals surface area contributed by atoms with E-state index >= 15 is 0 Å². The maximum atomic E-state index is 9.37. The third kappa shape index (κ3) is 5.72. The largest absolute Gasteiger partial charge is 0.395 e. The Labute approximate surface area is 127 Å². The van der Waals surface area contributed by atoms with Gasteiger partial charge >= 0.3 is 0 Å². The van der Waals surface area contributed by atoms with Gasteiger partial charge in [0.05, 0.1) is 24.5 Å². The highest BCUT2D eigenvalue weighted by molar-refractivity contribution is 5.60. The molecule has 0 unspecified atom stereocenters. The van der Waals surface area contributed by atoms with Gasteiger partial charge in [0.1, 0.15) is 6.07 Å². The topological polar surface area (TPSA) is 68.5 Å². The molecule has 5 heteroatoms. The van der Waals surface area contributed by atoms with Gasteiger partial charge in [-0.1, -0.05) is 13.0 Å². The molecule has 0 heterocycles. The fraction of sp³-hybridized carbons (Fsp3) is 0.562. The molecule has 0 aromatic heterocycles. The number of anilines is 1. The van der Waals surface area contributed by atoms with E-state index in [1.54, 1.807) is 7.11 Å². The Morgan fingerprint density at radius 3 is 2.81 bits per heavy atom. The molecule has 0 radical (unpaired) electrons. The van der Waals surface area contributed by atoms with Crippen molar-refractivity contribution in [3.63, 3.8) is 0 Å². The fourth-order valence-corrected chi connectivity index (χ4v) is 2.14. The Balaban J connectivity index is 2.87. The highest BCUT2D eigenvalue weighted by Gasteiger charge is 2.11. The van der Waals surface area contributed by atoms with Gasteiger partial charge in [0.25, 0.3) is 0 Å². The summed E-state index contributed by atoms with van der Waals surface area (Å²) in [4.78, 5) is 1.98. The van der Waals surface area contributed by atoms with Crippen molar-refractivity contribution in [3.05, 3.63) is 29.3 Å². The van der Waals surface area contributed by atoms with E-state index in [0.717, 1.165) is 30.8 Å². The Morgan fingerprint density at radius 2 is 2.19 bits per heavy atom. The van der Waals surface area contributed by atoms with Crippen LogP contribution >= 0.6 is 0 Å². The zero-order valence-corrected chi connectivity index (χ0v) is 12.9. The van der Waals surface area contributed by atoms with E-state index in [1.165, 1.54) is 0 Å². The minimum Gasteiger partial charge on any atom is -0.395 e. The van der Waals surface area contributed by atoms with Crippen molar-refractivity contribution >= 4 is 5.69 Å². The van der Waals surface area contributed by atoms with Crippen molar-refractivity contribution in [1.29, 1.82) is 5.26 Å². The van der Waals surface area contributed by atoms with Crippen LogP contribution in [0.25, 0.3) is 0 Å². The van der Waals surface area contributed by atoms with E-state index < -0.39 is 0 Å². The van der Waals surface area contributed by atoms with Crippen LogP contribution in [0.1, 0.15) is 24.5 Å². The zero-order valence-electron chi connectivity index (χ0n) is 12.9. The molecule has 21 heavy (non-hydrogen) atoms. The Morgan fingerprint density at radius 1 is 1.38 bits per heavy atom. The number of aliphatic hydroxyl groups excluding tert-OH is 1. The van der Waals surface area contributed by atoms with Crippen LogP contribution in [0.15, 0.2) is 18.2 Å². The lowest BCUT2D eigenvalue weighted by atomic mass is 10.1. The number of nitriles is 1. The highest BCUT2D eigenvalue weighted by Crippen LogP contribution is 2.21. The van der Waals surface area contributed by atoms with Crippen molar-refractivity contribution < 1.29 is 9.84 Å². The number of ether oxygens (including phenoxy) is 1. The van der Waals surface area contributed by atoms with Gasteiger partial charge in [-0.15, -0.1) is 0 Å². The monoisotopic (exact) mass is 291 g/mol. The smallest absolute Gasteiger partial charge is 0.101 e. The molecule has 0 amide bonds. The van der Waals surface area contributed by atoms with Crippen LogP contribution in [0.4, 0.5) is 5.69 Å². The normalized spacial score (nSPS) is 10.4. The molecule has 2 N–H and O–H groups in total. The van der Waals surface area contributed by atoms with Gasteiger partial charge in [-0.25, -0.2) is 0 Å². The molecule has 0 spiro atoms. The molecule has 0 aliphatic carbocycles. The first kappa shape index (κ1) is 17.4. The van der Waals surface area contributed by atoms with E-state index in [2.05, 4.69) is 18.3 Å². The summed E-state index contributed by atoms with van der Waals surface area (Å²) in [7, 11) is 1.64. The van der Waals surface area contributed by atoms with Crippen molar-refractivity contribution in [1.82, 2.24) is 5.32 Å². The first-order valence-electron chi connectivity index (χ1n) is 7.35.